The molecule has 0 aliphatic heterocycles. The van der Waals surface area contributed by atoms with Crippen LogP contribution in [0.15, 0.2) is 48.8 Å². The second-order valence-electron chi connectivity index (χ2n) is 5.34. The van der Waals surface area contributed by atoms with Crippen molar-refractivity contribution in [3.8, 4) is 0 Å². The lowest BCUT2D eigenvalue weighted by atomic mass is 9.94. The van der Waals surface area contributed by atoms with Crippen LogP contribution in [0.4, 0.5) is 0 Å². The summed E-state index contributed by atoms with van der Waals surface area (Å²) >= 11 is 0. The van der Waals surface area contributed by atoms with Crippen molar-refractivity contribution in [1.29, 1.82) is 0 Å². The molecule has 0 radical (unpaired) electrons. The summed E-state index contributed by atoms with van der Waals surface area (Å²) < 4.78 is 0. The number of benzene rings is 1. The van der Waals surface area contributed by atoms with Gasteiger partial charge in [0.2, 0.25) is 0 Å². The minimum atomic E-state index is 0.814. The van der Waals surface area contributed by atoms with E-state index in [1.54, 1.807) is 0 Å². The first-order valence-electron chi connectivity index (χ1n) is 7.10. The fourth-order valence-corrected chi connectivity index (χ4v) is 2.71. The van der Waals surface area contributed by atoms with Gasteiger partial charge in [-0.15, -0.1) is 0 Å². The van der Waals surface area contributed by atoms with E-state index in [9.17, 15) is 0 Å². The standard InChI is InChI=1S/C17H20N2/c1-2-4-14(5-3-1)11-19-12-15-6-7-17-13-18-9-8-16(17)10-15/h1-2,6-10,13-14,19H,3-5,11-12H2. The lowest BCUT2D eigenvalue weighted by Gasteiger charge is -2.18. The molecule has 0 spiro atoms. The Hall–Kier alpha value is -1.67. The van der Waals surface area contributed by atoms with Crippen LogP contribution in [0.25, 0.3) is 10.8 Å². The summed E-state index contributed by atoms with van der Waals surface area (Å²) in [6.07, 6.45) is 12.2. The largest absolute Gasteiger partial charge is 0.312 e. The molecule has 19 heavy (non-hydrogen) atoms. The van der Waals surface area contributed by atoms with Crippen LogP contribution in [0.5, 0.6) is 0 Å². The summed E-state index contributed by atoms with van der Waals surface area (Å²) in [7, 11) is 0. The molecule has 1 atom stereocenters. The van der Waals surface area contributed by atoms with E-state index in [4.69, 9.17) is 0 Å². The Morgan fingerprint density at radius 1 is 1.16 bits per heavy atom. The molecule has 0 bridgehead atoms. The molecule has 1 unspecified atom stereocenters. The highest BCUT2D eigenvalue weighted by atomic mass is 14.9. The van der Waals surface area contributed by atoms with Gasteiger partial charge in [0.15, 0.2) is 0 Å². The van der Waals surface area contributed by atoms with Gasteiger partial charge in [0.1, 0.15) is 0 Å². The van der Waals surface area contributed by atoms with Gasteiger partial charge in [-0.3, -0.25) is 4.98 Å². The number of aromatic nitrogens is 1. The lowest BCUT2D eigenvalue weighted by molar-refractivity contribution is 0.440. The van der Waals surface area contributed by atoms with Gasteiger partial charge in [-0.05, 0) is 54.8 Å². The first-order chi connectivity index (χ1) is 9.42. The molecule has 0 saturated heterocycles. The molecule has 0 fully saturated rings. The Morgan fingerprint density at radius 3 is 3.05 bits per heavy atom. The van der Waals surface area contributed by atoms with Crippen LogP contribution in [0.1, 0.15) is 24.8 Å². The monoisotopic (exact) mass is 252 g/mol. The quantitative estimate of drug-likeness (QED) is 0.840. The highest BCUT2D eigenvalue weighted by Crippen LogP contribution is 2.18. The van der Waals surface area contributed by atoms with Crippen molar-refractivity contribution in [1.82, 2.24) is 10.3 Å². The Morgan fingerprint density at radius 2 is 2.16 bits per heavy atom. The van der Waals surface area contributed by atoms with E-state index in [2.05, 4.69) is 46.7 Å². The summed E-state index contributed by atoms with van der Waals surface area (Å²) in [6, 6.07) is 8.68. The summed E-state index contributed by atoms with van der Waals surface area (Å²) in [5.74, 6) is 0.814. The summed E-state index contributed by atoms with van der Waals surface area (Å²) in [5.41, 5.74) is 1.35. The Bertz CT molecular complexity index is 574. The Balaban J connectivity index is 1.57. The first kappa shape index (κ1) is 12.4. The molecule has 1 aliphatic carbocycles. The average molecular weight is 252 g/mol. The van der Waals surface area contributed by atoms with Gasteiger partial charge >= 0.3 is 0 Å². The minimum Gasteiger partial charge on any atom is -0.312 e. The fraction of sp³-hybridized carbons (Fsp3) is 0.353. The molecule has 1 aromatic carbocycles. The molecule has 2 heteroatoms. The van der Waals surface area contributed by atoms with Crippen LogP contribution in [0.2, 0.25) is 0 Å². The SMILES string of the molecule is C1=CCC(CNCc2ccc3cnccc3c2)CC1. The van der Waals surface area contributed by atoms with E-state index >= 15 is 0 Å². The predicted octanol–water partition coefficient (Wildman–Crippen LogP) is 3.68. The van der Waals surface area contributed by atoms with Crippen molar-refractivity contribution in [3.63, 3.8) is 0 Å². The number of allylic oxidation sites excluding steroid dienone is 2. The summed E-state index contributed by atoms with van der Waals surface area (Å²) in [4.78, 5) is 4.14. The van der Waals surface area contributed by atoms with E-state index in [0.29, 0.717) is 0 Å². The maximum absolute atomic E-state index is 4.14. The number of hydrogen-bond donors (Lipinski definition) is 1. The molecule has 2 aromatic rings. The van der Waals surface area contributed by atoms with Crippen molar-refractivity contribution in [3.05, 3.63) is 54.4 Å². The third-order valence-corrected chi connectivity index (χ3v) is 3.84. The third-order valence-electron chi connectivity index (χ3n) is 3.84. The second-order valence-corrected chi connectivity index (χ2v) is 5.34. The summed E-state index contributed by atoms with van der Waals surface area (Å²) in [6.45, 7) is 2.08. The molecule has 1 N–H and O–H groups in total. The van der Waals surface area contributed by atoms with Crippen molar-refractivity contribution in [2.24, 2.45) is 5.92 Å². The van der Waals surface area contributed by atoms with Crippen molar-refractivity contribution in [2.45, 2.75) is 25.8 Å². The van der Waals surface area contributed by atoms with Crippen LogP contribution >= 0.6 is 0 Å². The van der Waals surface area contributed by atoms with Crippen LogP contribution in [0, 0.1) is 5.92 Å². The predicted molar refractivity (Wildman–Crippen MR) is 79.9 cm³/mol. The van der Waals surface area contributed by atoms with Gasteiger partial charge in [0.05, 0.1) is 0 Å². The van der Waals surface area contributed by atoms with E-state index in [0.717, 1.165) is 19.0 Å². The zero-order valence-electron chi connectivity index (χ0n) is 11.2. The zero-order valence-corrected chi connectivity index (χ0v) is 11.2. The fourth-order valence-electron chi connectivity index (χ4n) is 2.71. The molecule has 1 heterocycles. The first-order valence-corrected chi connectivity index (χ1v) is 7.10. The van der Waals surface area contributed by atoms with Crippen LogP contribution in [0.3, 0.4) is 0 Å². The van der Waals surface area contributed by atoms with Gasteiger partial charge in [-0.2, -0.15) is 0 Å². The van der Waals surface area contributed by atoms with Crippen LogP contribution in [-0.4, -0.2) is 11.5 Å². The highest BCUT2D eigenvalue weighted by molar-refractivity contribution is 5.81. The number of nitrogens with zero attached hydrogens (tertiary/aromatic N) is 1. The molecule has 98 valence electrons. The van der Waals surface area contributed by atoms with Crippen LogP contribution in [-0.2, 0) is 6.54 Å². The second kappa shape index (κ2) is 5.98. The topological polar surface area (TPSA) is 24.9 Å². The Labute approximate surface area is 114 Å². The summed E-state index contributed by atoms with van der Waals surface area (Å²) in [5, 5.41) is 6.07. The maximum Gasteiger partial charge on any atom is 0.0346 e. The number of nitrogens with one attached hydrogen (secondary N) is 1. The zero-order chi connectivity index (χ0) is 12.9. The van der Waals surface area contributed by atoms with Gasteiger partial charge in [-0.25, -0.2) is 0 Å². The maximum atomic E-state index is 4.14. The normalized spacial score (nSPS) is 18.8. The van der Waals surface area contributed by atoms with Crippen molar-refractivity contribution < 1.29 is 0 Å². The number of pyridine rings is 1. The third kappa shape index (κ3) is 3.21. The van der Waals surface area contributed by atoms with Gasteiger partial charge in [-0.1, -0.05) is 24.3 Å². The van der Waals surface area contributed by atoms with Crippen LogP contribution < -0.4 is 5.32 Å². The minimum absolute atomic E-state index is 0.814. The lowest BCUT2D eigenvalue weighted by Crippen LogP contribution is -2.23. The molecule has 1 aliphatic rings. The Kier molecular flexibility index (Phi) is 3.89. The number of hydrogen-bond acceptors (Lipinski definition) is 2. The van der Waals surface area contributed by atoms with E-state index in [-0.39, 0.29) is 0 Å². The smallest absolute Gasteiger partial charge is 0.0346 e. The van der Waals surface area contributed by atoms with E-state index < -0.39 is 0 Å². The molecule has 0 amide bonds. The molecular formula is C17H20N2. The average Bonchev–Trinajstić information content (AvgIpc) is 2.48. The molecular weight excluding hydrogens is 232 g/mol. The number of rotatable bonds is 4. The molecule has 1 aromatic heterocycles. The molecule has 2 nitrogen and oxygen atoms in total. The van der Waals surface area contributed by atoms with Gasteiger partial charge in [0.25, 0.3) is 0 Å². The number of fused-ring (bicyclic) bond motifs is 1. The molecule has 0 saturated carbocycles. The van der Waals surface area contributed by atoms with E-state index in [1.807, 2.05) is 12.4 Å². The van der Waals surface area contributed by atoms with Crippen molar-refractivity contribution >= 4 is 10.8 Å². The van der Waals surface area contributed by atoms with Gasteiger partial charge < -0.3 is 5.32 Å². The van der Waals surface area contributed by atoms with Gasteiger partial charge in [0, 0.05) is 24.3 Å². The highest BCUT2D eigenvalue weighted by Gasteiger charge is 2.08. The van der Waals surface area contributed by atoms with Crippen molar-refractivity contribution in [2.75, 3.05) is 6.54 Å². The van der Waals surface area contributed by atoms with E-state index in [1.165, 1.54) is 35.6 Å². The molecule has 3 rings (SSSR count).